The molecular formula is C24H44O4. The molecule has 0 spiro atoms. The van der Waals surface area contributed by atoms with Gasteiger partial charge in [-0.1, -0.05) is 78.6 Å². The van der Waals surface area contributed by atoms with Gasteiger partial charge in [-0.3, -0.25) is 9.59 Å². The maximum absolute atomic E-state index is 12.7. The summed E-state index contributed by atoms with van der Waals surface area (Å²) in [5, 5.41) is 9.45. The fraction of sp³-hybridized carbons (Fsp3) is 0.917. The number of esters is 1. The van der Waals surface area contributed by atoms with Crippen LogP contribution in [0.2, 0.25) is 0 Å². The first-order valence-electron chi connectivity index (χ1n) is 11.9. The van der Waals surface area contributed by atoms with E-state index in [9.17, 15) is 14.7 Å². The molecule has 0 saturated heterocycles. The first-order chi connectivity index (χ1) is 13.5. The van der Waals surface area contributed by atoms with Crippen LogP contribution in [-0.2, 0) is 14.3 Å². The molecule has 3 unspecified atom stereocenters. The maximum Gasteiger partial charge on any atom is 0.310 e. The van der Waals surface area contributed by atoms with Crippen LogP contribution in [0.5, 0.6) is 0 Å². The van der Waals surface area contributed by atoms with Crippen molar-refractivity contribution < 1.29 is 19.4 Å². The molecule has 4 heteroatoms. The zero-order chi connectivity index (χ0) is 20.8. The molecule has 164 valence electrons. The standard InChI is InChI=1S/C24H44O4/c1-4-5-6-7-8-9-10-15-20(16-13-14-19(2)3)28-24(27)22-18-12-11-17-21(22)23(25)26/h19-22H,4-18H2,1-3H3,(H,25,26). The minimum absolute atomic E-state index is 0.0433. The second-order valence-corrected chi connectivity index (χ2v) is 9.13. The molecule has 3 atom stereocenters. The van der Waals surface area contributed by atoms with Crippen molar-refractivity contribution in [3.05, 3.63) is 0 Å². The number of carbonyl (C=O) groups excluding carboxylic acids is 1. The quantitative estimate of drug-likeness (QED) is 0.245. The van der Waals surface area contributed by atoms with Gasteiger partial charge in [-0.15, -0.1) is 0 Å². The zero-order valence-corrected chi connectivity index (χ0v) is 18.6. The lowest BCUT2D eigenvalue weighted by Gasteiger charge is -2.29. The molecule has 0 aromatic carbocycles. The monoisotopic (exact) mass is 396 g/mol. The van der Waals surface area contributed by atoms with Gasteiger partial charge in [-0.25, -0.2) is 0 Å². The maximum atomic E-state index is 12.7. The van der Waals surface area contributed by atoms with E-state index in [1.165, 1.54) is 38.5 Å². The van der Waals surface area contributed by atoms with Crippen LogP contribution in [0.4, 0.5) is 0 Å². The number of unbranched alkanes of at least 4 members (excludes halogenated alkanes) is 6. The SMILES string of the molecule is CCCCCCCCCC(CCCC(C)C)OC(=O)C1CCCCC1C(=O)O. The van der Waals surface area contributed by atoms with Crippen LogP contribution in [0, 0.1) is 17.8 Å². The molecule has 0 aromatic rings. The Hall–Kier alpha value is -1.06. The van der Waals surface area contributed by atoms with Gasteiger partial charge in [-0.2, -0.15) is 0 Å². The Kier molecular flexibility index (Phi) is 13.3. The fourth-order valence-electron chi connectivity index (χ4n) is 4.31. The number of aliphatic carboxylic acids is 1. The second kappa shape index (κ2) is 14.9. The molecule has 0 radical (unpaired) electrons. The van der Waals surface area contributed by atoms with Crippen LogP contribution in [0.1, 0.15) is 117 Å². The van der Waals surface area contributed by atoms with Crippen molar-refractivity contribution in [2.75, 3.05) is 0 Å². The predicted molar refractivity (Wildman–Crippen MR) is 114 cm³/mol. The average molecular weight is 397 g/mol. The van der Waals surface area contributed by atoms with Crippen LogP contribution < -0.4 is 0 Å². The number of carboxylic acids is 1. The summed E-state index contributed by atoms with van der Waals surface area (Å²) >= 11 is 0. The van der Waals surface area contributed by atoms with Crippen molar-refractivity contribution >= 4 is 11.9 Å². The lowest BCUT2D eigenvalue weighted by atomic mass is 9.79. The Bertz CT molecular complexity index is 432. The second-order valence-electron chi connectivity index (χ2n) is 9.13. The molecule has 4 nitrogen and oxygen atoms in total. The molecule has 1 aliphatic carbocycles. The summed E-state index contributed by atoms with van der Waals surface area (Å²) in [5.74, 6) is -1.46. The molecule has 28 heavy (non-hydrogen) atoms. The van der Waals surface area contributed by atoms with Gasteiger partial charge in [-0.05, 0) is 44.4 Å². The molecule has 0 bridgehead atoms. The third-order valence-corrected chi connectivity index (χ3v) is 6.11. The van der Waals surface area contributed by atoms with E-state index in [1.54, 1.807) is 0 Å². The van der Waals surface area contributed by atoms with Crippen LogP contribution in [0.15, 0.2) is 0 Å². The number of ether oxygens (including phenoxy) is 1. The van der Waals surface area contributed by atoms with Gasteiger partial charge < -0.3 is 9.84 Å². The smallest absolute Gasteiger partial charge is 0.310 e. The molecule has 0 amide bonds. The topological polar surface area (TPSA) is 63.6 Å². The number of carboxylic acid groups (broad SMARTS) is 1. The van der Waals surface area contributed by atoms with E-state index in [0.717, 1.165) is 44.9 Å². The molecule has 1 N–H and O–H groups in total. The summed E-state index contributed by atoms with van der Waals surface area (Å²) in [6.45, 7) is 6.67. The number of hydrogen-bond donors (Lipinski definition) is 1. The van der Waals surface area contributed by atoms with Crippen molar-refractivity contribution in [1.82, 2.24) is 0 Å². The fourth-order valence-corrected chi connectivity index (χ4v) is 4.31. The van der Waals surface area contributed by atoms with Gasteiger partial charge in [0.25, 0.3) is 0 Å². The van der Waals surface area contributed by atoms with Crippen molar-refractivity contribution in [1.29, 1.82) is 0 Å². The lowest BCUT2D eigenvalue weighted by molar-refractivity contribution is -0.164. The van der Waals surface area contributed by atoms with Crippen molar-refractivity contribution in [3.63, 3.8) is 0 Å². The highest BCUT2D eigenvalue weighted by Crippen LogP contribution is 2.32. The van der Waals surface area contributed by atoms with Crippen LogP contribution in [0.3, 0.4) is 0 Å². The first kappa shape index (κ1) is 25.0. The summed E-state index contributed by atoms with van der Waals surface area (Å²) < 4.78 is 5.90. The van der Waals surface area contributed by atoms with E-state index in [4.69, 9.17) is 4.74 Å². The summed E-state index contributed by atoms with van der Waals surface area (Å²) in [7, 11) is 0. The third-order valence-electron chi connectivity index (χ3n) is 6.11. The summed E-state index contributed by atoms with van der Waals surface area (Å²) in [6.07, 6.45) is 15.9. The van der Waals surface area contributed by atoms with Crippen LogP contribution in [-0.4, -0.2) is 23.1 Å². The Labute approximate surface area is 172 Å². The van der Waals surface area contributed by atoms with Gasteiger partial charge in [0.05, 0.1) is 11.8 Å². The normalized spacial score (nSPS) is 20.9. The Morgan fingerprint density at radius 3 is 2.04 bits per heavy atom. The van der Waals surface area contributed by atoms with Crippen molar-refractivity contribution in [3.8, 4) is 0 Å². The molecule has 1 fully saturated rings. The molecule has 1 saturated carbocycles. The minimum atomic E-state index is -0.843. The largest absolute Gasteiger partial charge is 0.481 e. The van der Waals surface area contributed by atoms with Crippen LogP contribution in [0.25, 0.3) is 0 Å². The molecule has 0 aliphatic heterocycles. The highest BCUT2D eigenvalue weighted by atomic mass is 16.5. The summed E-state index contributed by atoms with van der Waals surface area (Å²) in [5.41, 5.74) is 0. The Morgan fingerprint density at radius 2 is 1.43 bits per heavy atom. The average Bonchev–Trinajstić information content (AvgIpc) is 2.66. The number of hydrogen-bond acceptors (Lipinski definition) is 3. The van der Waals surface area contributed by atoms with Gasteiger partial charge in [0, 0.05) is 0 Å². The summed E-state index contributed by atoms with van der Waals surface area (Å²) in [6, 6.07) is 0. The summed E-state index contributed by atoms with van der Waals surface area (Å²) in [4.78, 5) is 24.3. The highest BCUT2D eigenvalue weighted by Gasteiger charge is 2.37. The lowest BCUT2D eigenvalue weighted by Crippen LogP contribution is -2.35. The first-order valence-corrected chi connectivity index (χ1v) is 11.9. The van der Waals surface area contributed by atoms with E-state index in [-0.39, 0.29) is 12.1 Å². The molecule has 0 aromatic heterocycles. The van der Waals surface area contributed by atoms with Gasteiger partial charge in [0.1, 0.15) is 6.10 Å². The van der Waals surface area contributed by atoms with E-state index in [2.05, 4.69) is 20.8 Å². The zero-order valence-electron chi connectivity index (χ0n) is 18.6. The molecule has 1 rings (SSSR count). The Balaban J connectivity index is 2.48. The van der Waals surface area contributed by atoms with E-state index < -0.39 is 17.8 Å². The van der Waals surface area contributed by atoms with Gasteiger partial charge >= 0.3 is 11.9 Å². The number of rotatable bonds is 15. The van der Waals surface area contributed by atoms with Crippen molar-refractivity contribution in [2.45, 2.75) is 123 Å². The van der Waals surface area contributed by atoms with E-state index >= 15 is 0 Å². The predicted octanol–water partition coefficient (Wildman–Crippen LogP) is 6.76. The molecule has 1 aliphatic rings. The van der Waals surface area contributed by atoms with Crippen LogP contribution >= 0.6 is 0 Å². The highest BCUT2D eigenvalue weighted by molar-refractivity contribution is 5.81. The molecule has 0 heterocycles. The molecular weight excluding hydrogens is 352 g/mol. The van der Waals surface area contributed by atoms with Crippen molar-refractivity contribution in [2.24, 2.45) is 17.8 Å². The third kappa shape index (κ3) is 10.5. The minimum Gasteiger partial charge on any atom is -0.481 e. The van der Waals surface area contributed by atoms with Gasteiger partial charge in [0.2, 0.25) is 0 Å². The Morgan fingerprint density at radius 1 is 0.857 bits per heavy atom. The van der Waals surface area contributed by atoms with E-state index in [0.29, 0.717) is 18.8 Å². The van der Waals surface area contributed by atoms with Gasteiger partial charge in [0.15, 0.2) is 0 Å². The van der Waals surface area contributed by atoms with E-state index in [1.807, 2.05) is 0 Å². The number of carbonyl (C=O) groups is 2.